The zero-order chi connectivity index (χ0) is 16.2. The highest BCUT2D eigenvalue weighted by molar-refractivity contribution is 7.89. The summed E-state index contributed by atoms with van der Waals surface area (Å²) >= 11 is 0. The summed E-state index contributed by atoms with van der Waals surface area (Å²) in [5.74, 6) is -2.20. The van der Waals surface area contributed by atoms with Crippen molar-refractivity contribution in [3.05, 3.63) is 28.4 Å². The van der Waals surface area contributed by atoms with Gasteiger partial charge in [-0.3, -0.25) is 4.79 Å². The maximum atomic E-state index is 12.1. The Morgan fingerprint density at radius 3 is 2.52 bits per heavy atom. The van der Waals surface area contributed by atoms with Crippen LogP contribution in [0.2, 0.25) is 0 Å². The minimum absolute atomic E-state index is 0.331. The van der Waals surface area contributed by atoms with E-state index in [1.165, 1.54) is 0 Å². The molecule has 0 amide bonds. The average molecular weight is 317 g/mol. The minimum atomic E-state index is -4.12. The molecule has 0 bridgehead atoms. The van der Waals surface area contributed by atoms with Gasteiger partial charge >= 0.3 is 11.8 Å². The van der Waals surface area contributed by atoms with Gasteiger partial charge in [-0.05, 0) is 21.9 Å². The molecule has 116 valence electrons. The van der Waals surface area contributed by atoms with Gasteiger partial charge in [-0.25, -0.2) is 8.42 Å². The van der Waals surface area contributed by atoms with Gasteiger partial charge in [0.25, 0.3) is 0 Å². The number of carbonyl (C=O) groups is 1. The lowest BCUT2D eigenvalue weighted by molar-refractivity contribution is -0.389. The van der Waals surface area contributed by atoms with Crippen LogP contribution in [0.15, 0.2) is 23.2 Å². The quantitative estimate of drug-likeness (QED) is 0.559. The number of hydrogen-bond acceptors (Lipinski definition) is 6. The number of nitrogens with one attached hydrogen (secondary N) is 1. The first-order chi connectivity index (χ1) is 9.69. The molecule has 9 nitrogen and oxygen atoms in total. The first kappa shape index (κ1) is 17.0. The molecule has 0 aromatic carbocycles. The number of carboxylic acids is 1. The summed E-state index contributed by atoms with van der Waals surface area (Å²) in [6, 6.07) is 0.659. The lowest BCUT2D eigenvalue weighted by atomic mass is 10.0. The zero-order valence-corrected chi connectivity index (χ0v) is 12.2. The lowest BCUT2D eigenvalue weighted by Crippen LogP contribution is -2.44. The average Bonchev–Trinajstić information content (AvgIpc) is 2.43. The third-order valence-electron chi connectivity index (χ3n) is 2.98. The molecule has 0 saturated heterocycles. The fourth-order valence-corrected chi connectivity index (χ4v) is 2.76. The van der Waals surface area contributed by atoms with Gasteiger partial charge in [0.1, 0.15) is 10.9 Å². The van der Waals surface area contributed by atoms with Crippen molar-refractivity contribution in [3.63, 3.8) is 0 Å². The smallest absolute Gasteiger partial charge is 0.363 e. The van der Waals surface area contributed by atoms with Gasteiger partial charge in [-0.15, -0.1) is 0 Å². The van der Waals surface area contributed by atoms with Crippen molar-refractivity contribution in [2.24, 2.45) is 5.92 Å². The number of nitro groups is 1. The van der Waals surface area contributed by atoms with Crippen LogP contribution in [0, 0.1) is 16.0 Å². The maximum Gasteiger partial charge on any atom is 0.363 e. The molecule has 0 aliphatic carbocycles. The molecular weight excluding hydrogens is 302 g/mol. The molecule has 2 atom stereocenters. The number of aromatic nitrogens is 1. The minimum Gasteiger partial charge on any atom is -0.480 e. The highest BCUT2D eigenvalue weighted by Crippen LogP contribution is 2.15. The molecule has 1 aromatic rings. The van der Waals surface area contributed by atoms with Crippen molar-refractivity contribution in [2.75, 3.05) is 0 Å². The number of pyridine rings is 1. The molecule has 0 radical (unpaired) electrons. The van der Waals surface area contributed by atoms with Crippen LogP contribution in [-0.4, -0.2) is 35.4 Å². The number of hydrogen-bond donors (Lipinski definition) is 2. The van der Waals surface area contributed by atoms with Crippen LogP contribution in [0.25, 0.3) is 0 Å². The largest absolute Gasteiger partial charge is 0.480 e. The van der Waals surface area contributed by atoms with E-state index >= 15 is 0 Å². The zero-order valence-electron chi connectivity index (χ0n) is 11.4. The normalized spacial score (nSPS) is 14.4. The van der Waals surface area contributed by atoms with Crippen LogP contribution in [0.3, 0.4) is 0 Å². The predicted molar refractivity (Wildman–Crippen MR) is 72.1 cm³/mol. The molecule has 0 spiro atoms. The second kappa shape index (κ2) is 6.59. The van der Waals surface area contributed by atoms with Gasteiger partial charge in [0.15, 0.2) is 6.20 Å². The lowest BCUT2D eigenvalue weighted by Gasteiger charge is -2.19. The second-order valence-corrected chi connectivity index (χ2v) is 6.15. The highest BCUT2D eigenvalue weighted by Gasteiger charge is 2.30. The molecule has 0 aliphatic heterocycles. The van der Waals surface area contributed by atoms with E-state index in [2.05, 4.69) is 9.71 Å². The Morgan fingerprint density at radius 2 is 2.14 bits per heavy atom. The Hall–Kier alpha value is -2.07. The Kier molecular flexibility index (Phi) is 5.33. The molecule has 2 N–H and O–H groups in total. The Balaban J connectivity index is 3.04. The van der Waals surface area contributed by atoms with E-state index in [1.807, 2.05) is 0 Å². The van der Waals surface area contributed by atoms with Crippen LogP contribution in [0.5, 0.6) is 0 Å². The monoisotopic (exact) mass is 317 g/mol. The van der Waals surface area contributed by atoms with Gasteiger partial charge < -0.3 is 15.2 Å². The number of aliphatic carboxylic acids is 1. The van der Waals surface area contributed by atoms with Gasteiger partial charge in [0, 0.05) is 6.07 Å². The van der Waals surface area contributed by atoms with Crippen molar-refractivity contribution in [2.45, 2.75) is 31.2 Å². The standard InChI is InChI=1S/C11H15N3O6S/c1-3-7(2)10(11(15)16)13-21(19,20)8-4-5-9(12-6-8)14(17)18/h4-7,10,13H,3H2,1-2H3,(H,15,16)/t7-,10-/m0/s1. The van der Waals surface area contributed by atoms with E-state index in [0.717, 1.165) is 18.3 Å². The number of carboxylic acid groups (broad SMARTS) is 1. The molecule has 0 saturated carbocycles. The number of rotatable bonds is 7. The van der Waals surface area contributed by atoms with Gasteiger partial charge in [0.05, 0.1) is 0 Å². The first-order valence-electron chi connectivity index (χ1n) is 6.04. The van der Waals surface area contributed by atoms with E-state index < -0.39 is 38.7 Å². The molecule has 10 heteroatoms. The number of nitrogens with zero attached hydrogens (tertiary/aromatic N) is 2. The summed E-state index contributed by atoms with van der Waals surface area (Å²) < 4.78 is 26.2. The van der Waals surface area contributed by atoms with Crippen LogP contribution in [0.1, 0.15) is 20.3 Å². The van der Waals surface area contributed by atoms with Crippen LogP contribution >= 0.6 is 0 Å². The summed E-state index contributed by atoms with van der Waals surface area (Å²) in [5, 5.41) is 19.5. The fraction of sp³-hybridized carbons (Fsp3) is 0.455. The molecule has 0 unspecified atom stereocenters. The fourth-order valence-electron chi connectivity index (χ4n) is 1.52. The summed E-state index contributed by atoms with van der Waals surface area (Å²) in [7, 11) is -4.12. The SMILES string of the molecule is CC[C@H](C)[C@H](NS(=O)(=O)c1ccc([N+](=O)[O-])nc1)C(=O)O. The maximum absolute atomic E-state index is 12.1. The third-order valence-corrected chi connectivity index (χ3v) is 4.41. The summed E-state index contributed by atoms with van der Waals surface area (Å²) in [6.07, 6.45) is 1.29. The van der Waals surface area contributed by atoms with Crippen molar-refractivity contribution >= 4 is 21.8 Å². The molecule has 21 heavy (non-hydrogen) atoms. The van der Waals surface area contributed by atoms with E-state index in [1.54, 1.807) is 13.8 Å². The number of sulfonamides is 1. The highest BCUT2D eigenvalue weighted by atomic mass is 32.2. The van der Waals surface area contributed by atoms with Gasteiger partial charge in [0.2, 0.25) is 10.0 Å². The third kappa shape index (κ3) is 4.20. The summed E-state index contributed by atoms with van der Waals surface area (Å²) in [6.45, 7) is 3.34. The van der Waals surface area contributed by atoms with Gasteiger partial charge in [-0.2, -0.15) is 4.72 Å². The molecule has 1 rings (SSSR count). The van der Waals surface area contributed by atoms with E-state index in [0.29, 0.717) is 6.42 Å². The second-order valence-electron chi connectivity index (χ2n) is 4.43. The van der Waals surface area contributed by atoms with E-state index in [9.17, 15) is 23.3 Å². The molecular formula is C11H15N3O6S. The van der Waals surface area contributed by atoms with Crippen LogP contribution in [-0.2, 0) is 14.8 Å². The Morgan fingerprint density at radius 1 is 1.52 bits per heavy atom. The molecule has 1 heterocycles. The molecule has 0 fully saturated rings. The molecule has 0 aliphatic rings. The summed E-state index contributed by atoms with van der Waals surface area (Å²) in [4.78, 5) is 23.9. The van der Waals surface area contributed by atoms with Crippen molar-refractivity contribution < 1.29 is 23.2 Å². The first-order valence-corrected chi connectivity index (χ1v) is 7.53. The van der Waals surface area contributed by atoms with Crippen molar-refractivity contribution in [1.29, 1.82) is 0 Å². The van der Waals surface area contributed by atoms with Crippen molar-refractivity contribution in [1.82, 2.24) is 9.71 Å². The predicted octanol–water partition coefficient (Wildman–Crippen LogP) is 0.767. The Labute approximate surface area is 121 Å². The van der Waals surface area contributed by atoms with Crippen LogP contribution < -0.4 is 4.72 Å². The Bertz CT molecular complexity index is 628. The van der Waals surface area contributed by atoms with E-state index in [-0.39, 0.29) is 4.90 Å². The topological polar surface area (TPSA) is 140 Å². The van der Waals surface area contributed by atoms with Gasteiger partial charge in [-0.1, -0.05) is 20.3 Å². The van der Waals surface area contributed by atoms with Crippen molar-refractivity contribution in [3.8, 4) is 0 Å². The van der Waals surface area contributed by atoms with E-state index in [4.69, 9.17) is 5.11 Å². The summed E-state index contributed by atoms with van der Waals surface area (Å²) in [5.41, 5.74) is 0. The molecule has 1 aromatic heterocycles. The van der Waals surface area contributed by atoms with Crippen LogP contribution in [0.4, 0.5) is 5.82 Å².